The van der Waals surface area contributed by atoms with E-state index < -0.39 is 0 Å². The van der Waals surface area contributed by atoms with Gasteiger partial charge >= 0.3 is 0 Å². The van der Waals surface area contributed by atoms with E-state index in [1.165, 1.54) is 0 Å². The van der Waals surface area contributed by atoms with Gasteiger partial charge in [-0.3, -0.25) is 5.43 Å². The molecule has 0 saturated heterocycles. The molecule has 3 nitrogen and oxygen atoms in total. The molecule has 0 fully saturated rings. The number of allylic oxidation sites excluding steroid dienone is 4. The van der Waals surface area contributed by atoms with Crippen molar-refractivity contribution < 1.29 is 0 Å². The molecule has 0 unspecified atom stereocenters. The Hall–Kier alpha value is -1.51. The predicted molar refractivity (Wildman–Crippen MR) is 39.8 cm³/mol. The van der Waals surface area contributed by atoms with Crippen molar-refractivity contribution in [1.29, 1.82) is 0 Å². The second kappa shape index (κ2) is 2.02. The fourth-order valence-electron chi connectivity index (χ4n) is 0.870. The molecule has 0 saturated carbocycles. The van der Waals surface area contributed by atoms with E-state index in [1.54, 1.807) is 6.34 Å². The number of aliphatic imine (C=N–C) groups is 1. The van der Waals surface area contributed by atoms with Crippen LogP contribution >= 0.6 is 0 Å². The van der Waals surface area contributed by atoms with Gasteiger partial charge in [-0.2, -0.15) is 0 Å². The molecule has 50 valence electrons. The molecule has 0 aromatic carbocycles. The van der Waals surface area contributed by atoms with Crippen LogP contribution in [0, 0.1) is 0 Å². The van der Waals surface area contributed by atoms with Crippen LogP contribution in [-0.4, -0.2) is 11.3 Å². The summed E-state index contributed by atoms with van der Waals surface area (Å²) in [6.45, 7) is 0. The minimum atomic E-state index is 0.921. The summed E-state index contributed by atoms with van der Waals surface area (Å²) >= 11 is 0. The summed E-state index contributed by atoms with van der Waals surface area (Å²) < 4.78 is 0. The first kappa shape index (κ1) is 5.29. The zero-order valence-electron chi connectivity index (χ0n) is 5.36. The Bertz CT molecular complexity index is 248. The number of fused-ring (bicyclic) bond motifs is 1. The summed E-state index contributed by atoms with van der Waals surface area (Å²) in [6.07, 6.45) is 11.4. The SMILES string of the molecule is C1=CC=C2N=CNN2C=C1. The van der Waals surface area contributed by atoms with Crippen LogP contribution < -0.4 is 5.43 Å². The van der Waals surface area contributed by atoms with Crippen molar-refractivity contribution in [3.63, 3.8) is 0 Å². The summed E-state index contributed by atoms with van der Waals surface area (Å²) in [5.74, 6) is 0.921. The summed E-state index contributed by atoms with van der Waals surface area (Å²) in [6, 6.07) is 0. The lowest BCUT2D eigenvalue weighted by molar-refractivity contribution is 0.446. The lowest BCUT2D eigenvalue weighted by Gasteiger charge is -2.10. The third kappa shape index (κ3) is 0.719. The van der Waals surface area contributed by atoms with Crippen LogP contribution in [0.2, 0.25) is 0 Å². The fourth-order valence-corrected chi connectivity index (χ4v) is 0.870. The van der Waals surface area contributed by atoms with E-state index in [0.29, 0.717) is 0 Å². The van der Waals surface area contributed by atoms with E-state index in [2.05, 4.69) is 10.4 Å². The van der Waals surface area contributed by atoms with E-state index in [1.807, 2.05) is 35.5 Å². The first-order chi connectivity index (χ1) is 4.97. The molecule has 2 heterocycles. The lowest BCUT2D eigenvalue weighted by Crippen LogP contribution is -2.24. The van der Waals surface area contributed by atoms with Crippen molar-refractivity contribution in [2.45, 2.75) is 0 Å². The smallest absolute Gasteiger partial charge is 0.153 e. The Labute approximate surface area is 59.0 Å². The molecule has 0 aromatic rings. The molecule has 0 spiro atoms. The number of hydrazine groups is 1. The maximum atomic E-state index is 4.07. The maximum absolute atomic E-state index is 4.07. The highest BCUT2D eigenvalue weighted by Gasteiger charge is 2.07. The number of hydrogen-bond donors (Lipinski definition) is 1. The van der Waals surface area contributed by atoms with Crippen molar-refractivity contribution in [3.05, 3.63) is 36.3 Å². The molecule has 1 N–H and O–H groups in total. The van der Waals surface area contributed by atoms with E-state index in [9.17, 15) is 0 Å². The average Bonchev–Trinajstić information content (AvgIpc) is 2.28. The number of rotatable bonds is 0. The quantitative estimate of drug-likeness (QED) is 0.528. The van der Waals surface area contributed by atoms with Crippen LogP contribution in [0.3, 0.4) is 0 Å². The zero-order valence-corrected chi connectivity index (χ0v) is 5.36. The standard InChI is InChI=1S/C7H7N3/c1-2-4-7-8-6-9-10(7)5-3-1/h1-6H,(H,8,9). The van der Waals surface area contributed by atoms with Gasteiger partial charge in [-0.15, -0.1) is 0 Å². The van der Waals surface area contributed by atoms with Gasteiger partial charge in [0.2, 0.25) is 0 Å². The van der Waals surface area contributed by atoms with E-state index in [4.69, 9.17) is 0 Å². The Morgan fingerprint density at radius 3 is 3.30 bits per heavy atom. The van der Waals surface area contributed by atoms with Gasteiger partial charge in [0.05, 0.1) is 0 Å². The third-order valence-corrected chi connectivity index (χ3v) is 1.34. The van der Waals surface area contributed by atoms with Gasteiger partial charge in [-0.1, -0.05) is 12.2 Å². The molecule has 0 amide bonds. The molecule has 2 rings (SSSR count). The summed E-state index contributed by atoms with van der Waals surface area (Å²) in [5.41, 5.74) is 2.95. The molecule has 0 radical (unpaired) electrons. The van der Waals surface area contributed by atoms with Crippen LogP contribution in [-0.2, 0) is 0 Å². The molecule has 2 aliphatic heterocycles. The van der Waals surface area contributed by atoms with Gasteiger partial charge in [-0.05, 0) is 12.2 Å². The highest BCUT2D eigenvalue weighted by Crippen LogP contribution is 2.09. The van der Waals surface area contributed by atoms with E-state index in [0.717, 1.165) is 5.82 Å². The molecule has 0 aliphatic carbocycles. The van der Waals surface area contributed by atoms with Crippen LogP contribution in [0.5, 0.6) is 0 Å². The molecule has 0 aromatic heterocycles. The lowest BCUT2D eigenvalue weighted by atomic mass is 10.5. The molecular formula is C7H7N3. The number of nitrogens with zero attached hydrogens (tertiary/aromatic N) is 2. The molecule has 2 aliphatic rings. The van der Waals surface area contributed by atoms with E-state index >= 15 is 0 Å². The molecular weight excluding hydrogens is 126 g/mol. The first-order valence-corrected chi connectivity index (χ1v) is 3.10. The molecule has 10 heavy (non-hydrogen) atoms. The summed E-state index contributed by atoms with van der Waals surface area (Å²) in [4.78, 5) is 4.07. The minimum Gasteiger partial charge on any atom is -0.282 e. The van der Waals surface area contributed by atoms with Gasteiger partial charge in [0.1, 0.15) is 6.34 Å². The second-order valence-electron chi connectivity index (χ2n) is 2.01. The third-order valence-electron chi connectivity index (χ3n) is 1.34. The minimum absolute atomic E-state index is 0.921. The molecule has 3 heteroatoms. The Morgan fingerprint density at radius 1 is 1.30 bits per heavy atom. The van der Waals surface area contributed by atoms with Crippen molar-refractivity contribution in [3.8, 4) is 0 Å². The van der Waals surface area contributed by atoms with Crippen molar-refractivity contribution >= 4 is 6.34 Å². The Balaban J connectivity index is 2.36. The topological polar surface area (TPSA) is 27.6 Å². The maximum Gasteiger partial charge on any atom is 0.153 e. The van der Waals surface area contributed by atoms with E-state index in [-0.39, 0.29) is 0 Å². The highest BCUT2D eigenvalue weighted by atomic mass is 15.6. The van der Waals surface area contributed by atoms with Crippen LogP contribution in [0.4, 0.5) is 0 Å². The van der Waals surface area contributed by atoms with Crippen LogP contribution in [0.25, 0.3) is 0 Å². The fraction of sp³-hybridized carbons (Fsp3) is 0. The summed E-state index contributed by atoms with van der Waals surface area (Å²) in [5, 5.41) is 1.85. The zero-order chi connectivity index (χ0) is 6.81. The highest BCUT2D eigenvalue weighted by molar-refractivity contribution is 5.59. The normalized spacial score (nSPS) is 20.0. The van der Waals surface area contributed by atoms with Gasteiger partial charge < -0.3 is 0 Å². The van der Waals surface area contributed by atoms with Crippen molar-refractivity contribution in [2.24, 2.45) is 4.99 Å². The monoisotopic (exact) mass is 133 g/mol. The Morgan fingerprint density at radius 2 is 2.30 bits per heavy atom. The molecule has 0 bridgehead atoms. The first-order valence-electron chi connectivity index (χ1n) is 3.10. The van der Waals surface area contributed by atoms with Gasteiger partial charge in [-0.25, -0.2) is 10.0 Å². The van der Waals surface area contributed by atoms with Crippen LogP contribution in [0.1, 0.15) is 0 Å². The van der Waals surface area contributed by atoms with Gasteiger partial charge in [0.25, 0.3) is 0 Å². The largest absolute Gasteiger partial charge is 0.282 e. The van der Waals surface area contributed by atoms with Gasteiger partial charge in [0, 0.05) is 6.20 Å². The molecule has 0 atom stereocenters. The number of nitrogens with one attached hydrogen (secondary N) is 1. The second-order valence-corrected chi connectivity index (χ2v) is 2.01. The average molecular weight is 133 g/mol. The number of hydrogen-bond acceptors (Lipinski definition) is 3. The van der Waals surface area contributed by atoms with Crippen molar-refractivity contribution in [2.75, 3.05) is 0 Å². The summed E-state index contributed by atoms with van der Waals surface area (Å²) in [7, 11) is 0. The Kier molecular flexibility index (Phi) is 1.07. The van der Waals surface area contributed by atoms with Gasteiger partial charge in [0.15, 0.2) is 5.82 Å². The van der Waals surface area contributed by atoms with Crippen molar-refractivity contribution in [1.82, 2.24) is 10.4 Å². The predicted octanol–water partition coefficient (Wildman–Crippen LogP) is 0.760. The van der Waals surface area contributed by atoms with Crippen LogP contribution in [0.15, 0.2) is 41.3 Å².